The smallest absolute Gasteiger partial charge is 0.283 e. The summed E-state index contributed by atoms with van der Waals surface area (Å²) in [6.45, 7) is 9.11. The van der Waals surface area contributed by atoms with Crippen LogP contribution in [0, 0.1) is 0 Å². The third kappa shape index (κ3) is 2.79. The number of hydrogen-bond donors (Lipinski definition) is 0. The molecule has 0 aliphatic rings. The van der Waals surface area contributed by atoms with E-state index in [1.807, 2.05) is 0 Å². The molecule has 0 radical (unpaired) electrons. The molecule has 0 atom stereocenters. The summed E-state index contributed by atoms with van der Waals surface area (Å²) >= 11 is 0. The average molecular weight is 322 g/mol. The minimum atomic E-state index is -5.36. The molecule has 0 aromatic rings. The van der Waals surface area contributed by atoms with Gasteiger partial charge in [0.2, 0.25) is 0 Å². The van der Waals surface area contributed by atoms with Gasteiger partial charge >= 0.3 is 7.60 Å². The molecule has 0 spiro atoms. The molecule has 0 unspecified atom stereocenters. The van der Waals surface area contributed by atoms with Crippen molar-refractivity contribution in [2.75, 3.05) is 0 Å². The molecule has 0 aliphatic carbocycles. The molecule has 0 saturated carbocycles. The molecule has 0 N–H and O–H groups in total. The summed E-state index contributed by atoms with van der Waals surface area (Å²) in [6, 6.07) is 0. The highest BCUT2D eigenvalue weighted by Gasteiger charge is 2.65. The third-order valence-electron chi connectivity index (χ3n) is 2.79. The second-order valence-electron chi connectivity index (χ2n) is 6.10. The molecule has 18 heavy (non-hydrogen) atoms. The number of rotatable bonds is 6. The summed E-state index contributed by atoms with van der Waals surface area (Å²) < 4.78 is 56.5. The maximum absolute atomic E-state index is 15.2. The van der Waals surface area contributed by atoms with Crippen molar-refractivity contribution in [3.05, 3.63) is 0 Å². The van der Waals surface area contributed by atoms with Gasteiger partial charge in [0.1, 0.15) is 0 Å². The second kappa shape index (κ2) is 5.20. The van der Waals surface area contributed by atoms with Gasteiger partial charge in [-0.05, 0) is 9.05 Å². The van der Waals surface area contributed by atoms with E-state index in [0.717, 1.165) is 0 Å². The van der Waals surface area contributed by atoms with Crippen LogP contribution in [0.4, 0.5) is 13.4 Å². The Labute approximate surface area is 106 Å². The number of carbonyl (C=O) groups is 1. The quantitative estimate of drug-likeness (QED) is 0.548. The summed E-state index contributed by atoms with van der Waals surface area (Å²) in [5.74, 6) is 0. The van der Waals surface area contributed by atoms with Crippen molar-refractivity contribution >= 4 is 29.3 Å². The van der Waals surface area contributed by atoms with E-state index in [1.54, 1.807) is 0 Å². The average Bonchev–Trinajstić information content (AvgIpc) is 2.22. The fraction of sp³-hybridized carbons (Fsp3) is 0.875. The summed E-state index contributed by atoms with van der Waals surface area (Å²) in [5, 5.41) is 0. The van der Waals surface area contributed by atoms with Crippen LogP contribution in [0.1, 0.15) is 0 Å². The molecule has 0 amide bonds. The number of hydrogen-bond acceptors (Lipinski definition) is 4. The minimum absolute atomic E-state index is 1.52. The van der Waals surface area contributed by atoms with Crippen LogP contribution >= 0.6 is 7.60 Å². The van der Waals surface area contributed by atoms with E-state index in [9.17, 15) is 18.4 Å². The highest BCUT2D eigenvalue weighted by Crippen LogP contribution is 2.56. The van der Waals surface area contributed by atoms with Gasteiger partial charge in [-0.25, -0.2) is 8.96 Å². The minimum Gasteiger partial charge on any atom is -0.283 e. The normalized spacial score (nSPS) is 14.7. The van der Waals surface area contributed by atoms with E-state index in [-0.39, 0.29) is 0 Å². The maximum atomic E-state index is 15.2. The van der Waals surface area contributed by atoms with E-state index < -0.39 is 34.2 Å². The van der Waals surface area contributed by atoms with E-state index in [4.69, 9.17) is 0 Å². The highest BCUT2D eigenvalue weighted by atomic mass is 31.2. The monoisotopic (exact) mass is 322 g/mol. The zero-order valence-electron chi connectivity index (χ0n) is 11.2. The molecule has 4 nitrogen and oxygen atoms in total. The fourth-order valence-corrected chi connectivity index (χ4v) is 15.7. The van der Waals surface area contributed by atoms with Crippen LogP contribution in [0.2, 0.25) is 39.3 Å². The lowest BCUT2D eigenvalue weighted by molar-refractivity contribution is -0.129. The molecule has 0 aromatic heterocycles. The fourth-order valence-electron chi connectivity index (χ4n) is 2.03. The predicted molar refractivity (Wildman–Crippen MR) is 67.5 cm³/mol. The Kier molecular flexibility index (Phi) is 5.21. The van der Waals surface area contributed by atoms with Crippen LogP contribution in [0.25, 0.3) is 0 Å². The van der Waals surface area contributed by atoms with Crippen molar-refractivity contribution in [1.82, 2.24) is 0 Å². The van der Waals surface area contributed by atoms with Gasteiger partial charge in [0.05, 0.1) is 16.1 Å². The first-order valence-electron chi connectivity index (χ1n) is 5.22. The zero-order chi connectivity index (χ0) is 15.0. The lowest BCUT2D eigenvalue weighted by Crippen LogP contribution is -2.67. The molecular weight excluding hydrogens is 304 g/mol. The van der Waals surface area contributed by atoms with Crippen molar-refractivity contribution in [3.63, 3.8) is 0 Å². The number of halogens is 3. The van der Waals surface area contributed by atoms with Gasteiger partial charge < -0.3 is 0 Å². The summed E-state index contributed by atoms with van der Waals surface area (Å²) in [4.78, 5) is 9.41. The molecule has 0 bridgehead atoms. The second-order valence-corrected chi connectivity index (χ2v) is 18.7. The van der Waals surface area contributed by atoms with Crippen LogP contribution < -0.4 is 0 Å². The topological polar surface area (TPSA) is 52.6 Å². The van der Waals surface area contributed by atoms with E-state index in [2.05, 4.69) is 9.46 Å². The van der Waals surface area contributed by atoms with Gasteiger partial charge in [0.25, 0.3) is 5.52 Å². The Hall–Kier alpha value is 0.0438. The van der Waals surface area contributed by atoms with E-state index in [0.29, 0.717) is 0 Å². The first kappa shape index (κ1) is 18.0. The molecule has 0 fully saturated rings. The van der Waals surface area contributed by atoms with Crippen molar-refractivity contribution < 1.29 is 32.3 Å². The number of carbonyl (C=O) groups excluding carboxylic acids is 1. The number of alkyl halides is 1. The Morgan fingerprint density at radius 3 is 1.44 bits per heavy atom. The van der Waals surface area contributed by atoms with Crippen molar-refractivity contribution in [2.45, 2.75) is 44.2 Å². The van der Waals surface area contributed by atoms with Crippen molar-refractivity contribution in [3.8, 4) is 0 Å². The molecular formula is C8H18F3O4PSi2. The SMILES string of the molecule is C[Si](C)(C)C(F)(C(=O)P(=O)(OF)OF)[Si](C)(C)C. The first-order chi connectivity index (χ1) is 7.78. The molecule has 0 aliphatic heterocycles. The van der Waals surface area contributed by atoms with E-state index >= 15 is 4.39 Å². The van der Waals surface area contributed by atoms with Crippen LogP contribution in [-0.4, -0.2) is 26.6 Å². The first-order valence-corrected chi connectivity index (χ1v) is 13.8. The maximum Gasteiger partial charge on any atom is 0.460 e. The van der Waals surface area contributed by atoms with E-state index in [1.165, 1.54) is 39.3 Å². The van der Waals surface area contributed by atoms with Crippen molar-refractivity contribution in [1.29, 1.82) is 0 Å². The van der Waals surface area contributed by atoms with Crippen LogP contribution in [0.15, 0.2) is 0 Å². The van der Waals surface area contributed by atoms with Crippen LogP contribution in [0.5, 0.6) is 0 Å². The zero-order valence-corrected chi connectivity index (χ0v) is 14.1. The molecule has 108 valence electrons. The van der Waals surface area contributed by atoms with Crippen LogP contribution in [0.3, 0.4) is 0 Å². The highest BCUT2D eigenvalue weighted by molar-refractivity contribution is 7.73. The van der Waals surface area contributed by atoms with Gasteiger partial charge in [0.15, 0.2) is 4.92 Å². The molecule has 0 heterocycles. The summed E-state index contributed by atoms with van der Waals surface area (Å²) in [6.07, 6.45) is 0. The largest absolute Gasteiger partial charge is 0.460 e. The third-order valence-corrected chi connectivity index (χ3v) is 13.5. The van der Waals surface area contributed by atoms with Gasteiger partial charge in [-0.3, -0.25) is 4.79 Å². The summed E-state index contributed by atoms with van der Waals surface area (Å²) in [7, 11) is -11.1. The van der Waals surface area contributed by atoms with Crippen molar-refractivity contribution in [2.24, 2.45) is 0 Å². The molecule has 0 rings (SSSR count). The standard InChI is InChI=1S/C8H18F3O4PSi2/c1-17(2,3)8(9,18(4,5)6)7(12)16(13,14-10)15-11/h1-6H3. The lowest BCUT2D eigenvalue weighted by Gasteiger charge is -2.43. The molecule has 10 heteroatoms. The van der Waals surface area contributed by atoms with Gasteiger partial charge in [-0.1, -0.05) is 48.7 Å². The van der Waals surface area contributed by atoms with Gasteiger partial charge in [-0.15, -0.1) is 0 Å². The van der Waals surface area contributed by atoms with Gasteiger partial charge in [0, 0.05) is 0 Å². The molecule has 0 saturated heterocycles. The van der Waals surface area contributed by atoms with Gasteiger partial charge in [-0.2, -0.15) is 0 Å². The Bertz CT molecular complexity index is 356. The lowest BCUT2D eigenvalue weighted by atomic mass is 10.8. The molecule has 0 aromatic carbocycles. The predicted octanol–water partition coefficient (Wildman–Crippen LogP) is 3.97. The van der Waals surface area contributed by atoms with Crippen LogP contribution in [-0.2, 0) is 18.8 Å². The Balaban J connectivity index is 5.97. The summed E-state index contributed by atoms with van der Waals surface area (Å²) in [5.41, 5.74) is -1.75. The Morgan fingerprint density at radius 2 is 1.28 bits per heavy atom. The Morgan fingerprint density at radius 1 is 1.00 bits per heavy atom.